The number of aromatic hydroxyl groups is 1. The van der Waals surface area contributed by atoms with Crippen molar-refractivity contribution >= 4 is 17.6 Å². The van der Waals surface area contributed by atoms with Crippen molar-refractivity contribution in [3.05, 3.63) is 35.9 Å². The molecule has 0 aromatic heterocycles. The molecule has 1 aromatic rings. The number of hydrogen-bond donors (Lipinski definition) is 1. The predicted molar refractivity (Wildman–Crippen MR) is 78.2 cm³/mol. The van der Waals surface area contributed by atoms with Gasteiger partial charge >= 0.3 is 5.97 Å². The number of benzene rings is 1. The molecule has 1 aromatic carbocycles. The van der Waals surface area contributed by atoms with E-state index in [0.717, 1.165) is 31.8 Å². The van der Waals surface area contributed by atoms with E-state index in [2.05, 4.69) is 6.58 Å². The Balaban J connectivity index is 2.03. The first-order valence-corrected chi connectivity index (χ1v) is 6.92. The number of esters is 1. The summed E-state index contributed by atoms with van der Waals surface area (Å²) in [5, 5.41) is 9.55. The Hall–Kier alpha value is -1.68. The van der Waals surface area contributed by atoms with Crippen LogP contribution < -0.4 is 4.74 Å². The van der Waals surface area contributed by atoms with Crippen LogP contribution in [0.4, 0.5) is 0 Å². The number of hydrogen-bond acceptors (Lipinski definition) is 4. The third-order valence-electron chi connectivity index (χ3n) is 2.64. The average molecular weight is 299 g/mol. The molecule has 0 heterocycles. The number of carbonyl (C=O) groups excluding carboxylic acids is 1. The van der Waals surface area contributed by atoms with Crippen LogP contribution in [0.1, 0.15) is 25.7 Å². The van der Waals surface area contributed by atoms with Crippen molar-refractivity contribution in [1.29, 1.82) is 0 Å². The highest BCUT2D eigenvalue weighted by Crippen LogP contribution is 2.27. The molecule has 5 heteroatoms. The summed E-state index contributed by atoms with van der Waals surface area (Å²) >= 11 is 5.77. The molecule has 0 aliphatic heterocycles. The zero-order valence-corrected chi connectivity index (χ0v) is 12.1. The first-order chi connectivity index (χ1) is 9.63. The van der Waals surface area contributed by atoms with Gasteiger partial charge in [-0.05, 0) is 37.8 Å². The number of unbranched alkanes of at least 4 members (excludes halogenated alkanes) is 3. The predicted octanol–water partition coefficient (Wildman–Crippen LogP) is 3.71. The normalized spacial score (nSPS) is 10.1. The van der Waals surface area contributed by atoms with E-state index in [1.54, 1.807) is 12.1 Å². The smallest absolute Gasteiger partial charge is 0.330 e. The fourth-order valence-electron chi connectivity index (χ4n) is 1.56. The van der Waals surface area contributed by atoms with Crippen molar-refractivity contribution in [1.82, 2.24) is 0 Å². The highest BCUT2D eigenvalue weighted by Gasteiger charge is 2.00. The summed E-state index contributed by atoms with van der Waals surface area (Å²) in [5.74, 6) is 0.318. The number of phenolic OH excluding ortho intramolecular Hbond substituents is 1. The second kappa shape index (κ2) is 9.26. The lowest BCUT2D eigenvalue weighted by Crippen LogP contribution is -2.02. The minimum atomic E-state index is -0.377. The fourth-order valence-corrected chi connectivity index (χ4v) is 1.73. The second-order valence-corrected chi connectivity index (χ2v) is 4.65. The molecule has 0 radical (unpaired) electrons. The Morgan fingerprint density at radius 2 is 1.95 bits per heavy atom. The van der Waals surface area contributed by atoms with E-state index in [-0.39, 0.29) is 16.7 Å². The molecule has 20 heavy (non-hydrogen) atoms. The molecule has 0 saturated heterocycles. The van der Waals surface area contributed by atoms with Crippen molar-refractivity contribution in [2.45, 2.75) is 25.7 Å². The molecule has 0 unspecified atom stereocenters. The monoisotopic (exact) mass is 298 g/mol. The molecule has 0 saturated carbocycles. The number of rotatable bonds is 9. The molecular formula is C15H19ClO4. The topological polar surface area (TPSA) is 55.8 Å². The maximum Gasteiger partial charge on any atom is 0.330 e. The molecule has 0 spiro atoms. The first kappa shape index (κ1) is 16.4. The molecule has 110 valence electrons. The second-order valence-electron chi connectivity index (χ2n) is 4.25. The molecule has 0 atom stereocenters. The molecule has 0 amide bonds. The molecule has 0 aliphatic rings. The number of carbonyl (C=O) groups is 1. The maximum absolute atomic E-state index is 10.8. The average Bonchev–Trinajstić information content (AvgIpc) is 2.45. The lowest BCUT2D eigenvalue weighted by atomic mass is 10.2. The molecule has 0 fully saturated rings. The van der Waals surface area contributed by atoms with E-state index < -0.39 is 0 Å². The zero-order valence-electron chi connectivity index (χ0n) is 11.3. The summed E-state index contributed by atoms with van der Waals surface area (Å²) in [6.07, 6.45) is 4.89. The van der Waals surface area contributed by atoms with Crippen LogP contribution in [-0.2, 0) is 9.53 Å². The lowest BCUT2D eigenvalue weighted by Gasteiger charge is -2.07. The third-order valence-corrected chi connectivity index (χ3v) is 2.94. The number of halogens is 1. The molecule has 4 nitrogen and oxygen atoms in total. The summed E-state index contributed by atoms with van der Waals surface area (Å²) in [6, 6.07) is 4.77. The molecule has 1 N–H and O–H groups in total. The highest BCUT2D eigenvalue weighted by atomic mass is 35.5. The van der Waals surface area contributed by atoms with Gasteiger partial charge in [0.2, 0.25) is 0 Å². The Morgan fingerprint density at radius 1 is 1.25 bits per heavy atom. The van der Waals surface area contributed by atoms with Gasteiger partial charge in [-0.2, -0.15) is 0 Å². The Kier molecular flexibility index (Phi) is 7.58. The zero-order chi connectivity index (χ0) is 14.8. The van der Waals surface area contributed by atoms with Crippen LogP contribution in [-0.4, -0.2) is 24.3 Å². The Morgan fingerprint density at radius 3 is 2.60 bits per heavy atom. The van der Waals surface area contributed by atoms with Crippen LogP contribution >= 0.6 is 11.6 Å². The van der Waals surface area contributed by atoms with Crippen molar-refractivity contribution < 1.29 is 19.4 Å². The quantitative estimate of drug-likeness (QED) is 0.429. The van der Waals surface area contributed by atoms with E-state index in [1.807, 2.05) is 0 Å². The highest BCUT2D eigenvalue weighted by molar-refractivity contribution is 6.32. The van der Waals surface area contributed by atoms with Crippen LogP contribution in [0.5, 0.6) is 11.5 Å². The van der Waals surface area contributed by atoms with E-state index in [4.69, 9.17) is 21.1 Å². The van der Waals surface area contributed by atoms with Crippen LogP contribution in [0.3, 0.4) is 0 Å². The van der Waals surface area contributed by atoms with Gasteiger partial charge in [0.05, 0.1) is 18.2 Å². The van der Waals surface area contributed by atoms with E-state index in [0.29, 0.717) is 19.0 Å². The largest absolute Gasteiger partial charge is 0.506 e. The van der Waals surface area contributed by atoms with Crippen molar-refractivity contribution in [3.63, 3.8) is 0 Å². The summed E-state index contributed by atoms with van der Waals surface area (Å²) in [4.78, 5) is 10.8. The van der Waals surface area contributed by atoms with Gasteiger partial charge in [0, 0.05) is 12.1 Å². The van der Waals surface area contributed by atoms with Gasteiger partial charge in [-0.1, -0.05) is 18.2 Å². The van der Waals surface area contributed by atoms with E-state index in [1.165, 1.54) is 6.07 Å². The first-order valence-electron chi connectivity index (χ1n) is 6.54. The molecule has 1 rings (SSSR count). The van der Waals surface area contributed by atoms with Gasteiger partial charge in [0.25, 0.3) is 0 Å². The van der Waals surface area contributed by atoms with E-state index in [9.17, 15) is 9.90 Å². The van der Waals surface area contributed by atoms with Crippen molar-refractivity contribution in [3.8, 4) is 11.5 Å². The van der Waals surface area contributed by atoms with Gasteiger partial charge < -0.3 is 14.6 Å². The van der Waals surface area contributed by atoms with Gasteiger partial charge in [-0.15, -0.1) is 0 Å². The molecule has 0 bridgehead atoms. The number of ether oxygens (including phenoxy) is 2. The third kappa shape index (κ3) is 6.48. The van der Waals surface area contributed by atoms with Gasteiger partial charge in [0.1, 0.15) is 11.5 Å². The van der Waals surface area contributed by atoms with Crippen molar-refractivity contribution in [2.24, 2.45) is 0 Å². The SMILES string of the molecule is C=CC(=O)OCCCCCCOc1ccc(O)c(Cl)c1. The summed E-state index contributed by atoms with van der Waals surface area (Å²) in [7, 11) is 0. The standard InChI is InChI=1S/C15H19ClO4/c1-2-15(18)20-10-6-4-3-5-9-19-12-7-8-14(17)13(16)11-12/h2,7-8,11,17H,1,3-6,9-10H2. The maximum atomic E-state index is 10.8. The van der Waals surface area contributed by atoms with Gasteiger partial charge in [-0.3, -0.25) is 0 Å². The lowest BCUT2D eigenvalue weighted by molar-refractivity contribution is -0.137. The van der Waals surface area contributed by atoms with Gasteiger partial charge in [-0.25, -0.2) is 4.79 Å². The number of phenols is 1. The minimum absolute atomic E-state index is 0.0492. The summed E-state index contributed by atoms with van der Waals surface area (Å²) in [5.41, 5.74) is 0. The summed E-state index contributed by atoms with van der Waals surface area (Å²) < 4.78 is 10.4. The van der Waals surface area contributed by atoms with E-state index >= 15 is 0 Å². The summed E-state index contributed by atoms with van der Waals surface area (Å²) in [6.45, 7) is 4.34. The van der Waals surface area contributed by atoms with Crippen LogP contribution in [0.25, 0.3) is 0 Å². The Bertz CT molecular complexity index is 445. The minimum Gasteiger partial charge on any atom is -0.506 e. The van der Waals surface area contributed by atoms with Crippen LogP contribution in [0, 0.1) is 0 Å². The van der Waals surface area contributed by atoms with Gasteiger partial charge in [0.15, 0.2) is 0 Å². The molecule has 0 aliphatic carbocycles. The van der Waals surface area contributed by atoms with Crippen LogP contribution in [0.15, 0.2) is 30.9 Å². The van der Waals surface area contributed by atoms with Crippen molar-refractivity contribution in [2.75, 3.05) is 13.2 Å². The van der Waals surface area contributed by atoms with Crippen LogP contribution in [0.2, 0.25) is 5.02 Å². The molecular weight excluding hydrogens is 280 g/mol. The Labute approximate surface area is 124 Å². The fraction of sp³-hybridized carbons (Fsp3) is 0.400.